The van der Waals surface area contributed by atoms with Crippen molar-refractivity contribution in [3.05, 3.63) is 0 Å². The fraction of sp³-hybridized carbons (Fsp3) is 0.929. The third-order valence-electron chi connectivity index (χ3n) is 1.94. The van der Waals surface area contributed by atoms with E-state index in [1.807, 2.05) is 6.92 Å². The third kappa shape index (κ3) is 39.3. The first kappa shape index (κ1) is 28.2. The van der Waals surface area contributed by atoms with Gasteiger partial charge in [-0.3, -0.25) is 0 Å². The zero-order valence-corrected chi connectivity index (χ0v) is 17.3. The summed E-state index contributed by atoms with van der Waals surface area (Å²) in [4.78, 5) is 0. The molecule has 0 saturated heterocycles. The lowest BCUT2D eigenvalue weighted by molar-refractivity contribution is -0.00380. The molecule has 6 nitrogen and oxygen atoms in total. The highest BCUT2D eigenvalue weighted by molar-refractivity contribution is 8.11. The van der Waals surface area contributed by atoms with Gasteiger partial charge in [0.15, 0.2) is 0 Å². The monoisotopic (exact) mass is 391 g/mol. The molecule has 0 rings (SSSR count). The minimum atomic E-state index is 0.567. The molecule has 0 amide bonds. The van der Waals surface area contributed by atoms with Gasteiger partial charge in [-0.25, -0.2) is 0 Å². The van der Waals surface area contributed by atoms with Gasteiger partial charge in [-0.15, -0.1) is 12.6 Å². The maximum absolute atomic E-state index is 5.26. The Kier molecular flexibility index (Phi) is 37.1. The molecule has 0 aromatic rings. The number of hydrogen-bond acceptors (Lipinski definition) is 7. The Morgan fingerprint density at radius 1 is 0.783 bits per heavy atom. The molecule has 0 bridgehead atoms. The Morgan fingerprint density at radius 2 is 1.09 bits per heavy atom. The number of hydrogen-bond donors (Lipinski definition) is 3. The zero-order valence-electron chi connectivity index (χ0n) is 14.7. The van der Waals surface area contributed by atoms with E-state index < -0.39 is 0 Å². The standard InChI is InChI=1S/C10H22O5.C3H7NS2.CH4S/c1-11-3-5-13-7-9-15-10-8-14-6-4-12-2;1-2-4-3(5)6;1-2/h3-10H2,1-2H3;2H2,1H3,(H2,4,5,6);2H,1H3. The second-order valence-electron chi connectivity index (χ2n) is 3.66. The molecule has 0 aliphatic rings. The highest BCUT2D eigenvalue weighted by atomic mass is 32.1. The van der Waals surface area contributed by atoms with Gasteiger partial charge >= 0.3 is 0 Å². The molecule has 0 saturated carbocycles. The Balaban J connectivity index is -0.000000418. The summed E-state index contributed by atoms with van der Waals surface area (Å²) in [7, 11) is 3.30. The van der Waals surface area contributed by atoms with Crippen LogP contribution in [-0.2, 0) is 23.7 Å². The van der Waals surface area contributed by atoms with Crippen molar-refractivity contribution in [2.75, 3.05) is 79.9 Å². The van der Waals surface area contributed by atoms with Gasteiger partial charge in [0.1, 0.15) is 4.32 Å². The van der Waals surface area contributed by atoms with E-state index >= 15 is 0 Å². The van der Waals surface area contributed by atoms with Gasteiger partial charge in [-0.1, -0.05) is 12.2 Å². The SMILES string of the molecule is CCNC(=S)S.COCCOCCOCCOCCOC.CS. The van der Waals surface area contributed by atoms with Crippen LogP contribution in [0.15, 0.2) is 0 Å². The summed E-state index contributed by atoms with van der Waals surface area (Å²) < 4.78 is 25.9. The summed E-state index contributed by atoms with van der Waals surface area (Å²) in [6, 6.07) is 0. The Bertz CT molecular complexity index is 203. The van der Waals surface area contributed by atoms with Crippen molar-refractivity contribution in [2.45, 2.75) is 6.92 Å². The van der Waals surface area contributed by atoms with Gasteiger partial charge in [0.2, 0.25) is 0 Å². The first-order chi connectivity index (χ1) is 11.2. The highest BCUT2D eigenvalue weighted by Crippen LogP contribution is 1.82. The summed E-state index contributed by atoms with van der Waals surface area (Å²) in [6.45, 7) is 7.71. The van der Waals surface area contributed by atoms with Gasteiger partial charge in [0.05, 0.1) is 52.9 Å². The van der Waals surface area contributed by atoms with Gasteiger partial charge in [-0.05, 0) is 13.2 Å². The Hall–Kier alpha value is 0.390. The average Bonchev–Trinajstić information content (AvgIpc) is 2.55. The second-order valence-corrected chi connectivity index (χ2v) is 4.82. The molecule has 0 fully saturated rings. The lowest BCUT2D eigenvalue weighted by Crippen LogP contribution is -2.14. The van der Waals surface area contributed by atoms with Crippen molar-refractivity contribution >= 4 is 41.8 Å². The minimum Gasteiger partial charge on any atom is -0.382 e. The molecule has 0 spiro atoms. The number of methoxy groups -OCH3 is 2. The smallest absolute Gasteiger partial charge is 0.130 e. The molecule has 9 heteroatoms. The molecular formula is C14H33NO5S3. The normalized spacial score (nSPS) is 9.30. The van der Waals surface area contributed by atoms with E-state index in [0.29, 0.717) is 57.2 Å². The summed E-state index contributed by atoms with van der Waals surface area (Å²) in [6.07, 6.45) is 1.69. The molecule has 0 radical (unpaired) electrons. The number of ether oxygens (including phenoxy) is 5. The van der Waals surface area contributed by atoms with E-state index in [4.69, 9.17) is 23.7 Å². The van der Waals surface area contributed by atoms with Gasteiger partial charge in [0.25, 0.3) is 0 Å². The van der Waals surface area contributed by atoms with Crippen LogP contribution in [0.4, 0.5) is 0 Å². The first-order valence-electron chi connectivity index (χ1n) is 7.31. The zero-order chi connectivity index (χ0) is 18.2. The van der Waals surface area contributed by atoms with Crippen LogP contribution in [0.3, 0.4) is 0 Å². The number of nitrogens with one attached hydrogen (secondary N) is 1. The van der Waals surface area contributed by atoms with Crippen molar-refractivity contribution in [1.82, 2.24) is 5.32 Å². The summed E-state index contributed by atoms with van der Waals surface area (Å²) in [5.41, 5.74) is 0. The van der Waals surface area contributed by atoms with E-state index in [1.54, 1.807) is 20.5 Å². The Morgan fingerprint density at radius 3 is 1.26 bits per heavy atom. The molecule has 0 aromatic carbocycles. The predicted molar refractivity (Wildman–Crippen MR) is 106 cm³/mol. The second kappa shape index (κ2) is 30.3. The van der Waals surface area contributed by atoms with E-state index in [1.165, 1.54) is 0 Å². The number of thiol groups is 2. The number of thiocarbonyl (C=S) groups is 1. The average molecular weight is 392 g/mol. The quantitative estimate of drug-likeness (QED) is 0.251. The molecule has 0 aromatic heterocycles. The van der Waals surface area contributed by atoms with Crippen LogP contribution in [-0.4, -0.2) is 84.2 Å². The van der Waals surface area contributed by atoms with Crippen molar-refractivity contribution in [3.63, 3.8) is 0 Å². The van der Waals surface area contributed by atoms with Crippen LogP contribution < -0.4 is 5.32 Å². The molecule has 0 unspecified atom stereocenters. The lowest BCUT2D eigenvalue weighted by atomic mass is 10.7. The highest BCUT2D eigenvalue weighted by Gasteiger charge is 1.91. The minimum absolute atomic E-state index is 0.567. The van der Waals surface area contributed by atoms with Crippen LogP contribution in [0.25, 0.3) is 0 Å². The molecule has 23 heavy (non-hydrogen) atoms. The van der Waals surface area contributed by atoms with Crippen LogP contribution >= 0.6 is 37.5 Å². The fourth-order valence-corrected chi connectivity index (χ4v) is 1.28. The molecule has 0 atom stereocenters. The van der Waals surface area contributed by atoms with Crippen molar-refractivity contribution in [2.24, 2.45) is 0 Å². The summed E-state index contributed by atoms with van der Waals surface area (Å²) in [5.74, 6) is 0. The van der Waals surface area contributed by atoms with E-state index in [0.717, 1.165) is 6.54 Å². The third-order valence-corrected chi connectivity index (χ3v) is 2.24. The van der Waals surface area contributed by atoms with Crippen LogP contribution in [0.1, 0.15) is 6.92 Å². The van der Waals surface area contributed by atoms with Gasteiger partial charge in [-0.2, -0.15) is 12.6 Å². The number of rotatable bonds is 13. The van der Waals surface area contributed by atoms with Crippen LogP contribution in [0.5, 0.6) is 0 Å². The lowest BCUT2D eigenvalue weighted by Gasteiger charge is -2.06. The molecule has 0 heterocycles. The first-order valence-corrected chi connectivity index (χ1v) is 9.06. The van der Waals surface area contributed by atoms with Gasteiger partial charge < -0.3 is 29.0 Å². The van der Waals surface area contributed by atoms with Crippen LogP contribution in [0, 0.1) is 0 Å². The Labute approximate surface area is 157 Å². The predicted octanol–water partition coefficient (Wildman–Crippen LogP) is 1.69. The van der Waals surface area contributed by atoms with Crippen molar-refractivity contribution in [1.29, 1.82) is 0 Å². The fourth-order valence-electron chi connectivity index (χ4n) is 0.978. The van der Waals surface area contributed by atoms with Crippen molar-refractivity contribution in [3.8, 4) is 0 Å². The van der Waals surface area contributed by atoms with Gasteiger partial charge in [0, 0.05) is 20.8 Å². The topological polar surface area (TPSA) is 58.2 Å². The molecule has 0 aliphatic carbocycles. The van der Waals surface area contributed by atoms with Crippen molar-refractivity contribution < 1.29 is 23.7 Å². The molecular weight excluding hydrogens is 358 g/mol. The summed E-state index contributed by atoms with van der Waals surface area (Å²) >= 11 is 11.9. The summed E-state index contributed by atoms with van der Waals surface area (Å²) in [5, 5.41) is 2.80. The maximum Gasteiger partial charge on any atom is 0.130 e. The van der Waals surface area contributed by atoms with E-state index in [2.05, 4.69) is 42.8 Å². The molecule has 1 N–H and O–H groups in total. The molecule has 142 valence electrons. The molecule has 0 aliphatic heterocycles. The largest absolute Gasteiger partial charge is 0.382 e. The van der Waals surface area contributed by atoms with Crippen LogP contribution in [0.2, 0.25) is 0 Å². The van der Waals surface area contributed by atoms with E-state index in [9.17, 15) is 0 Å². The van der Waals surface area contributed by atoms with E-state index in [-0.39, 0.29) is 0 Å². The maximum atomic E-state index is 5.26.